The summed E-state index contributed by atoms with van der Waals surface area (Å²) in [4.78, 5) is 16.2. The van der Waals surface area contributed by atoms with E-state index in [9.17, 15) is 13.6 Å². The number of halogens is 2. The highest BCUT2D eigenvalue weighted by atomic mass is 32.1. The normalized spacial score (nSPS) is 12.5. The molecule has 1 aromatic heterocycles. The van der Waals surface area contributed by atoms with Gasteiger partial charge in [-0.15, -0.1) is 11.3 Å². The second-order valence-electron chi connectivity index (χ2n) is 5.60. The monoisotopic (exact) mass is 386 g/mol. The summed E-state index contributed by atoms with van der Waals surface area (Å²) in [5, 5.41) is 4.52. The highest BCUT2D eigenvalue weighted by Crippen LogP contribution is 2.33. The molecule has 1 aliphatic rings. The van der Waals surface area contributed by atoms with Gasteiger partial charge in [0.1, 0.15) is 11.6 Å². The van der Waals surface area contributed by atoms with Crippen molar-refractivity contribution >= 4 is 28.5 Å². The first-order valence-electron chi connectivity index (χ1n) is 7.88. The molecule has 27 heavy (non-hydrogen) atoms. The van der Waals surface area contributed by atoms with Gasteiger partial charge in [-0.05, 0) is 35.9 Å². The van der Waals surface area contributed by atoms with Crippen molar-refractivity contribution in [2.75, 3.05) is 12.1 Å². The van der Waals surface area contributed by atoms with Crippen molar-refractivity contribution in [1.82, 2.24) is 4.98 Å². The summed E-state index contributed by atoms with van der Waals surface area (Å²) in [6.45, 7) is 0.185. The molecular formula is C19H12F2N2O3S. The Balaban J connectivity index is 1.43. The Morgan fingerprint density at radius 2 is 2.00 bits per heavy atom. The summed E-state index contributed by atoms with van der Waals surface area (Å²) in [6, 6.07) is 8.60. The topological polar surface area (TPSA) is 60.5 Å². The zero-order valence-electron chi connectivity index (χ0n) is 13.7. The Bertz CT molecular complexity index is 1050. The van der Waals surface area contributed by atoms with Crippen LogP contribution in [0.5, 0.6) is 11.5 Å². The van der Waals surface area contributed by atoms with E-state index in [1.807, 2.05) is 0 Å². The van der Waals surface area contributed by atoms with E-state index >= 15 is 0 Å². The third-order valence-corrected chi connectivity index (χ3v) is 4.52. The molecule has 3 aromatic rings. The van der Waals surface area contributed by atoms with Gasteiger partial charge in [0.2, 0.25) is 12.7 Å². The standard InChI is InChI=1S/C19H12F2N2O3S/c20-12-3-4-13(14(21)8-12)15-9-27-19(22-15)23-18(24)6-2-11-1-5-16-17(7-11)26-10-25-16/h1-9H,10H2,(H,22,23,24). The van der Waals surface area contributed by atoms with E-state index in [2.05, 4.69) is 10.3 Å². The molecule has 1 aliphatic heterocycles. The number of nitrogens with zero attached hydrogens (tertiary/aromatic N) is 1. The van der Waals surface area contributed by atoms with Gasteiger partial charge in [0, 0.05) is 23.1 Å². The lowest BCUT2D eigenvalue weighted by atomic mass is 10.1. The number of benzene rings is 2. The maximum atomic E-state index is 13.8. The predicted molar refractivity (Wildman–Crippen MR) is 97.7 cm³/mol. The fourth-order valence-electron chi connectivity index (χ4n) is 2.49. The Hall–Kier alpha value is -3.26. The van der Waals surface area contributed by atoms with Gasteiger partial charge in [-0.3, -0.25) is 10.1 Å². The number of anilines is 1. The molecule has 0 fully saturated rings. The van der Waals surface area contributed by atoms with Crippen LogP contribution in [-0.4, -0.2) is 17.7 Å². The summed E-state index contributed by atoms with van der Waals surface area (Å²) in [7, 11) is 0. The summed E-state index contributed by atoms with van der Waals surface area (Å²) in [5.74, 6) is -0.453. The Labute approximate surface area is 156 Å². The van der Waals surface area contributed by atoms with Crippen molar-refractivity contribution in [3.63, 3.8) is 0 Å². The lowest BCUT2D eigenvalue weighted by Crippen LogP contribution is -2.07. The van der Waals surface area contributed by atoms with E-state index in [1.54, 1.807) is 29.7 Å². The maximum Gasteiger partial charge on any atom is 0.250 e. The molecule has 0 saturated heterocycles. The van der Waals surface area contributed by atoms with Crippen molar-refractivity contribution < 1.29 is 23.0 Å². The number of hydrogen-bond donors (Lipinski definition) is 1. The minimum atomic E-state index is -0.708. The minimum Gasteiger partial charge on any atom is -0.454 e. The molecule has 0 aliphatic carbocycles. The Kier molecular flexibility index (Phi) is 4.55. The molecule has 0 atom stereocenters. The smallest absolute Gasteiger partial charge is 0.250 e. The van der Waals surface area contributed by atoms with Crippen molar-refractivity contribution in [2.24, 2.45) is 0 Å². The van der Waals surface area contributed by atoms with Crippen molar-refractivity contribution in [3.05, 3.63) is 65.1 Å². The Morgan fingerprint density at radius 3 is 2.85 bits per heavy atom. The van der Waals surface area contributed by atoms with Gasteiger partial charge < -0.3 is 9.47 Å². The number of aromatic nitrogens is 1. The lowest BCUT2D eigenvalue weighted by molar-refractivity contribution is -0.111. The van der Waals surface area contributed by atoms with Crippen LogP contribution in [0.2, 0.25) is 0 Å². The van der Waals surface area contributed by atoms with Crippen LogP contribution in [0.15, 0.2) is 47.9 Å². The molecule has 8 heteroatoms. The van der Waals surface area contributed by atoms with Crippen LogP contribution in [-0.2, 0) is 4.79 Å². The molecule has 0 bridgehead atoms. The average Bonchev–Trinajstić information content (AvgIpc) is 3.29. The average molecular weight is 386 g/mol. The van der Waals surface area contributed by atoms with Crippen LogP contribution in [0, 0.1) is 11.6 Å². The molecule has 4 rings (SSSR count). The van der Waals surface area contributed by atoms with Crippen LogP contribution in [0.4, 0.5) is 13.9 Å². The van der Waals surface area contributed by atoms with E-state index in [-0.39, 0.29) is 18.3 Å². The first-order valence-corrected chi connectivity index (χ1v) is 8.76. The molecule has 136 valence electrons. The number of rotatable bonds is 4. The molecule has 0 saturated carbocycles. The van der Waals surface area contributed by atoms with E-state index in [4.69, 9.17) is 9.47 Å². The van der Waals surface area contributed by atoms with Crippen molar-refractivity contribution in [3.8, 4) is 22.8 Å². The highest BCUT2D eigenvalue weighted by Gasteiger charge is 2.13. The summed E-state index contributed by atoms with van der Waals surface area (Å²) >= 11 is 1.15. The summed E-state index contributed by atoms with van der Waals surface area (Å²) < 4.78 is 37.3. The van der Waals surface area contributed by atoms with Gasteiger partial charge >= 0.3 is 0 Å². The van der Waals surface area contributed by atoms with Crippen molar-refractivity contribution in [2.45, 2.75) is 0 Å². The summed E-state index contributed by atoms with van der Waals surface area (Å²) in [6.07, 6.45) is 2.99. The zero-order valence-corrected chi connectivity index (χ0v) is 14.6. The van der Waals surface area contributed by atoms with Gasteiger partial charge in [0.25, 0.3) is 0 Å². The van der Waals surface area contributed by atoms with Gasteiger partial charge in [0.05, 0.1) is 5.69 Å². The molecule has 0 radical (unpaired) electrons. The van der Waals surface area contributed by atoms with Crippen molar-refractivity contribution in [1.29, 1.82) is 0 Å². The fourth-order valence-corrected chi connectivity index (χ4v) is 3.20. The summed E-state index contributed by atoms with van der Waals surface area (Å²) in [5.41, 5.74) is 1.28. The maximum absolute atomic E-state index is 13.8. The van der Waals surface area contributed by atoms with Crippen LogP contribution in [0.1, 0.15) is 5.56 Å². The molecule has 5 nitrogen and oxygen atoms in total. The molecule has 2 heterocycles. The SMILES string of the molecule is O=C(C=Cc1ccc2c(c1)OCO2)Nc1nc(-c2ccc(F)cc2F)cs1. The number of amides is 1. The fraction of sp³-hybridized carbons (Fsp3) is 0.0526. The third kappa shape index (κ3) is 3.80. The second-order valence-corrected chi connectivity index (χ2v) is 6.46. The minimum absolute atomic E-state index is 0.170. The number of carbonyl (C=O) groups is 1. The van der Waals surface area contributed by atoms with Gasteiger partial charge in [-0.1, -0.05) is 6.07 Å². The second kappa shape index (κ2) is 7.16. The number of nitrogens with one attached hydrogen (secondary N) is 1. The van der Waals surface area contributed by atoms with Crippen LogP contribution < -0.4 is 14.8 Å². The molecule has 1 N–H and O–H groups in total. The number of carbonyl (C=O) groups excluding carboxylic acids is 1. The third-order valence-electron chi connectivity index (χ3n) is 3.77. The van der Waals surface area contributed by atoms with E-state index < -0.39 is 11.6 Å². The number of hydrogen-bond acceptors (Lipinski definition) is 5. The Morgan fingerprint density at radius 1 is 1.15 bits per heavy atom. The largest absolute Gasteiger partial charge is 0.454 e. The molecular weight excluding hydrogens is 374 g/mol. The number of fused-ring (bicyclic) bond motifs is 1. The lowest BCUT2D eigenvalue weighted by Gasteiger charge is -2.00. The predicted octanol–water partition coefficient (Wildman–Crippen LogP) is 4.47. The van der Waals surface area contributed by atoms with E-state index in [0.717, 1.165) is 29.0 Å². The van der Waals surface area contributed by atoms with Gasteiger partial charge in [-0.25, -0.2) is 13.8 Å². The van der Waals surface area contributed by atoms with Crippen LogP contribution in [0.25, 0.3) is 17.3 Å². The molecule has 0 spiro atoms. The van der Waals surface area contributed by atoms with Gasteiger partial charge in [0.15, 0.2) is 16.6 Å². The first kappa shape index (κ1) is 17.2. The highest BCUT2D eigenvalue weighted by molar-refractivity contribution is 7.14. The quantitative estimate of drug-likeness (QED) is 0.672. The van der Waals surface area contributed by atoms with Crippen LogP contribution >= 0.6 is 11.3 Å². The van der Waals surface area contributed by atoms with E-state index in [0.29, 0.717) is 22.3 Å². The molecule has 2 aromatic carbocycles. The van der Waals surface area contributed by atoms with Gasteiger partial charge in [-0.2, -0.15) is 0 Å². The number of ether oxygens (including phenoxy) is 2. The number of thiazole rings is 1. The van der Waals surface area contributed by atoms with E-state index in [1.165, 1.54) is 12.1 Å². The molecule has 1 amide bonds. The first-order chi connectivity index (χ1) is 13.1. The van der Waals surface area contributed by atoms with Crippen LogP contribution in [0.3, 0.4) is 0 Å². The molecule has 0 unspecified atom stereocenters. The zero-order chi connectivity index (χ0) is 18.8.